The minimum atomic E-state index is -3.58. The lowest BCUT2D eigenvalue weighted by atomic mass is 10.1. The average Bonchev–Trinajstić information content (AvgIpc) is 3.18. The van der Waals surface area contributed by atoms with E-state index in [1.54, 1.807) is 18.2 Å². The van der Waals surface area contributed by atoms with Crippen LogP contribution in [0.2, 0.25) is 0 Å². The number of rotatable bonds is 5. The van der Waals surface area contributed by atoms with Gasteiger partial charge in [0.05, 0.1) is 30.3 Å². The van der Waals surface area contributed by atoms with Gasteiger partial charge in [0.15, 0.2) is 9.84 Å². The number of ether oxygens (including phenoxy) is 2. The fourth-order valence-corrected chi connectivity index (χ4v) is 5.25. The van der Waals surface area contributed by atoms with Gasteiger partial charge in [-0.15, -0.1) is 0 Å². The summed E-state index contributed by atoms with van der Waals surface area (Å²) in [6, 6.07) is 14.2. The van der Waals surface area contributed by atoms with Crippen molar-refractivity contribution >= 4 is 32.4 Å². The molecule has 0 atom stereocenters. The van der Waals surface area contributed by atoms with Gasteiger partial charge in [-0.25, -0.2) is 23.0 Å². The Morgan fingerprint density at radius 1 is 1.00 bits per heavy atom. The van der Waals surface area contributed by atoms with Gasteiger partial charge in [-0.05, 0) is 54.4 Å². The number of pyridine rings is 1. The summed E-state index contributed by atoms with van der Waals surface area (Å²) >= 11 is 0. The first-order chi connectivity index (χ1) is 17.8. The Labute approximate surface area is 214 Å². The molecule has 192 valence electrons. The highest BCUT2D eigenvalue weighted by Crippen LogP contribution is 2.29. The third kappa shape index (κ3) is 4.87. The molecule has 2 aromatic heterocycles. The molecule has 1 saturated heterocycles. The maximum atomic E-state index is 13.6. The number of anilines is 2. The number of fused-ring (bicyclic) bond motifs is 1. The molecule has 0 amide bonds. The molecule has 2 N–H and O–H groups in total. The zero-order valence-electron chi connectivity index (χ0n) is 20.5. The number of benzene rings is 2. The van der Waals surface area contributed by atoms with E-state index in [0.29, 0.717) is 34.3 Å². The molecule has 10 nitrogen and oxygen atoms in total. The van der Waals surface area contributed by atoms with Crippen LogP contribution in [0.1, 0.15) is 6.42 Å². The predicted molar refractivity (Wildman–Crippen MR) is 142 cm³/mol. The van der Waals surface area contributed by atoms with Crippen molar-refractivity contribution < 1.29 is 17.9 Å². The fraction of sp³-hybridized carbons (Fsp3) is 0.269. The molecular formula is C26H27N5O5S. The molecule has 1 aliphatic rings. The largest absolute Gasteiger partial charge is 0.480 e. The summed E-state index contributed by atoms with van der Waals surface area (Å²) in [5, 5.41) is 0.345. The van der Waals surface area contributed by atoms with Crippen LogP contribution in [0.25, 0.3) is 27.7 Å². The third-order valence-electron chi connectivity index (χ3n) is 6.33. The smallest absolute Gasteiger partial charge is 0.267 e. The highest BCUT2D eigenvalue weighted by atomic mass is 32.2. The molecule has 0 bridgehead atoms. The van der Waals surface area contributed by atoms with Crippen LogP contribution in [0.15, 0.2) is 64.4 Å². The van der Waals surface area contributed by atoms with Crippen LogP contribution >= 0.6 is 0 Å². The molecule has 37 heavy (non-hydrogen) atoms. The van der Waals surface area contributed by atoms with Crippen LogP contribution in [0.5, 0.6) is 5.88 Å². The van der Waals surface area contributed by atoms with Crippen molar-refractivity contribution in [2.75, 3.05) is 50.3 Å². The van der Waals surface area contributed by atoms with Gasteiger partial charge < -0.3 is 20.1 Å². The molecule has 11 heteroatoms. The van der Waals surface area contributed by atoms with E-state index in [2.05, 4.69) is 14.9 Å². The highest BCUT2D eigenvalue weighted by Gasteiger charge is 2.18. The van der Waals surface area contributed by atoms with Gasteiger partial charge in [-0.1, -0.05) is 6.07 Å². The van der Waals surface area contributed by atoms with Crippen molar-refractivity contribution in [3.63, 3.8) is 0 Å². The van der Waals surface area contributed by atoms with Gasteiger partial charge >= 0.3 is 0 Å². The molecule has 0 aliphatic carbocycles. The monoisotopic (exact) mass is 521 g/mol. The van der Waals surface area contributed by atoms with E-state index in [4.69, 9.17) is 15.2 Å². The van der Waals surface area contributed by atoms with Gasteiger partial charge in [0, 0.05) is 43.4 Å². The Bertz CT molecular complexity index is 1630. The summed E-state index contributed by atoms with van der Waals surface area (Å²) in [5.41, 5.74) is 9.10. The Kier molecular flexibility index (Phi) is 6.57. The van der Waals surface area contributed by atoms with Gasteiger partial charge in [-0.3, -0.25) is 4.79 Å². The van der Waals surface area contributed by atoms with Crippen molar-refractivity contribution in [3.8, 4) is 22.7 Å². The quantitative estimate of drug-likeness (QED) is 0.421. The lowest BCUT2D eigenvalue weighted by Crippen LogP contribution is -2.26. The standard InChI is InChI=1S/C26H27N5O5S/c1-35-24-23(37(2,33)34)15-18(16-28-24)17-4-9-22-21(14-17)25(32)31(26(27)29-22)20-7-5-19(6-8-20)30-10-3-12-36-13-11-30/h4-9,14-16H,3,10-13H2,1-2H3,(H2,27,29). The summed E-state index contributed by atoms with van der Waals surface area (Å²) in [5.74, 6) is 0.0895. The molecular weight excluding hydrogens is 494 g/mol. The SMILES string of the molecule is COc1ncc(-c2ccc3nc(N)n(-c4ccc(N5CCCOCC5)cc4)c(=O)c3c2)cc1S(C)(=O)=O. The average molecular weight is 522 g/mol. The number of hydrogen-bond donors (Lipinski definition) is 1. The molecule has 1 fully saturated rings. The summed E-state index contributed by atoms with van der Waals surface area (Å²) in [7, 11) is -2.22. The molecule has 3 heterocycles. The fourth-order valence-electron chi connectivity index (χ4n) is 4.46. The second kappa shape index (κ2) is 9.83. The number of nitrogens with zero attached hydrogens (tertiary/aromatic N) is 4. The number of nitrogens with two attached hydrogens (primary N) is 1. The molecule has 0 radical (unpaired) electrons. The molecule has 2 aromatic carbocycles. The maximum Gasteiger partial charge on any atom is 0.267 e. The first kappa shape index (κ1) is 24.7. The molecule has 1 aliphatic heterocycles. The lowest BCUT2D eigenvalue weighted by Gasteiger charge is -2.22. The zero-order chi connectivity index (χ0) is 26.2. The van der Waals surface area contributed by atoms with Crippen molar-refractivity contribution in [3.05, 3.63) is 65.1 Å². The van der Waals surface area contributed by atoms with Crippen LogP contribution in [-0.4, -0.2) is 62.6 Å². The normalized spacial score (nSPS) is 14.5. The molecule has 0 spiro atoms. The Hall–Kier alpha value is -3.96. The van der Waals surface area contributed by atoms with Gasteiger partial charge in [0.2, 0.25) is 11.8 Å². The minimum Gasteiger partial charge on any atom is -0.480 e. The van der Waals surface area contributed by atoms with E-state index < -0.39 is 9.84 Å². The highest BCUT2D eigenvalue weighted by molar-refractivity contribution is 7.90. The summed E-state index contributed by atoms with van der Waals surface area (Å²) in [4.78, 5) is 24.4. The predicted octanol–water partition coefficient (Wildman–Crippen LogP) is 2.67. The van der Waals surface area contributed by atoms with Crippen LogP contribution in [0, 0.1) is 0 Å². The number of aromatic nitrogens is 3. The molecule has 0 saturated carbocycles. The van der Waals surface area contributed by atoms with E-state index in [1.165, 1.54) is 23.9 Å². The Balaban J connectivity index is 1.56. The van der Waals surface area contributed by atoms with Crippen LogP contribution in [0.3, 0.4) is 0 Å². The first-order valence-electron chi connectivity index (χ1n) is 11.8. The van der Waals surface area contributed by atoms with Crippen molar-refractivity contribution in [2.45, 2.75) is 11.3 Å². The number of hydrogen-bond acceptors (Lipinski definition) is 9. The van der Waals surface area contributed by atoms with E-state index in [-0.39, 0.29) is 22.3 Å². The van der Waals surface area contributed by atoms with Crippen LogP contribution in [-0.2, 0) is 14.6 Å². The van der Waals surface area contributed by atoms with Crippen molar-refractivity contribution in [2.24, 2.45) is 0 Å². The summed E-state index contributed by atoms with van der Waals surface area (Å²) < 4.78 is 36.5. The number of nitrogen functional groups attached to an aromatic ring is 1. The maximum absolute atomic E-state index is 13.6. The Morgan fingerprint density at radius 2 is 1.76 bits per heavy atom. The second-order valence-electron chi connectivity index (χ2n) is 8.82. The second-order valence-corrected chi connectivity index (χ2v) is 10.8. The minimum absolute atomic E-state index is 0.0139. The van der Waals surface area contributed by atoms with Crippen molar-refractivity contribution in [1.82, 2.24) is 14.5 Å². The molecule has 5 rings (SSSR count). The van der Waals surface area contributed by atoms with Gasteiger partial charge in [-0.2, -0.15) is 0 Å². The van der Waals surface area contributed by atoms with Crippen molar-refractivity contribution in [1.29, 1.82) is 0 Å². The number of sulfone groups is 1. The van der Waals surface area contributed by atoms with E-state index >= 15 is 0 Å². The van der Waals surface area contributed by atoms with Crippen LogP contribution < -0.4 is 20.9 Å². The van der Waals surface area contributed by atoms with E-state index in [9.17, 15) is 13.2 Å². The summed E-state index contributed by atoms with van der Waals surface area (Å²) in [6.07, 6.45) is 3.55. The molecule has 0 unspecified atom stereocenters. The summed E-state index contributed by atoms with van der Waals surface area (Å²) in [6.45, 7) is 3.15. The first-order valence-corrected chi connectivity index (χ1v) is 13.7. The van der Waals surface area contributed by atoms with Crippen LogP contribution in [0.4, 0.5) is 11.6 Å². The lowest BCUT2D eigenvalue weighted by molar-refractivity contribution is 0.152. The Morgan fingerprint density at radius 3 is 2.49 bits per heavy atom. The number of methoxy groups -OCH3 is 1. The van der Waals surface area contributed by atoms with Gasteiger partial charge in [0.1, 0.15) is 4.90 Å². The zero-order valence-corrected chi connectivity index (χ0v) is 21.4. The van der Waals surface area contributed by atoms with Gasteiger partial charge in [0.25, 0.3) is 5.56 Å². The topological polar surface area (TPSA) is 130 Å². The molecule has 4 aromatic rings. The van der Waals surface area contributed by atoms with E-state index in [1.807, 2.05) is 24.3 Å². The third-order valence-corrected chi connectivity index (χ3v) is 7.43. The van der Waals surface area contributed by atoms with E-state index in [0.717, 1.165) is 38.1 Å².